The van der Waals surface area contributed by atoms with E-state index in [1.54, 1.807) is 30.2 Å². The minimum Gasteiger partial charge on any atom is -0.497 e. The summed E-state index contributed by atoms with van der Waals surface area (Å²) in [4.78, 5) is 31.4. The lowest BCUT2D eigenvalue weighted by Crippen LogP contribution is -2.48. The van der Waals surface area contributed by atoms with E-state index in [-0.39, 0.29) is 30.8 Å². The second kappa shape index (κ2) is 15.5. The van der Waals surface area contributed by atoms with Crippen molar-refractivity contribution in [2.45, 2.75) is 77.5 Å². The molecule has 0 bridgehead atoms. The number of methoxy groups -OCH3 is 1. The van der Waals surface area contributed by atoms with Crippen LogP contribution in [0.2, 0.25) is 0 Å². The molecule has 0 aliphatic heterocycles. The molecular weight excluding hydrogens is 576 g/mol. The van der Waals surface area contributed by atoms with Gasteiger partial charge in [0.25, 0.3) is 11.8 Å². The van der Waals surface area contributed by atoms with Crippen LogP contribution in [-0.2, 0) is 12.8 Å². The Hall–Kier alpha value is -3.82. The first-order valence-electron chi connectivity index (χ1n) is 15.8. The molecule has 0 spiro atoms. The number of nitrogens with two attached hydrogens (primary N) is 1. The van der Waals surface area contributed by atoms with Crippen LogP contribution in [0.15, 0.2) is 54.6 Å². The van der Waals surface area contributed by atoms with Crippen LogP contribution in [0, 0.1) is 18.6 Å². The first-order chi connectivity index (χ1) is 21.5. The molecule has 1 aliphatic rings. The molecule has 242 valence electrons. The van der Waals surface area contributed by atoms with Gasteiger partial charge in [-0.15, -0.1) is 0 Å². The number of ether oxygens (including phenoxy) is 1. The molecule has 3 atom stereocenters. The highest BCUT2D eigenvalue weighted by Crippen LogP contribution is 2.37. The van der Waals surface area contributed by atoms with Gasteiger partial charge >= 0.3 is 0 Å². The lowest BCUT2D eigenvalue weighted by atomic mass is 9.85. The second-order valence-corrected chi connectivity index (χ2v) is 12.0. The Morgan fingerprint density at radius 3 is 2.24 bits per heavy atom. The van der Waals surface area contributed by atoms with E-state index in [1.165, 1.54) is 12.1 Å². The Labute approximate surface area is 265 Å². The van der Waals surface area contributed by atoms with E-state index in [0.29, 0.717) is 36.2 Å². The van der Waals surface area contributed by atoms with Crippen LogP contribution in [-0.4, -0.2) is 65.6 Å². The van der Waals surface area contributed by atoms with Crippen LogP contribution in [0.4, 0.5) is 8.78 Å². The van der Waals surface area contributed by atoms with Gasteiger partial charge in [0.05, 0.1) is 19.3 Å². The number of amides is 2. The summed E-state index contributed by atoms with van der Waals surface area (Å²) in [6.45, 7) is 7.04. The average Bonchev–Trinajstić information content (AvgIpc) is 3.01. The first-order valence-corrected chi connectivity index (χ1v) is 15.8. The molecule has 4 rings (SSSR count). The van der Waals surface area contributed by atoms with Gasteiger partial charge in [0, 0.05) is 42.9 Å². The van der Waals surface area contributed by atoms with E-state index >= 15 is 0 Å². The van der Waals surface area contributed by atoms with Crippen LogP contribution in [0.25, 0.3) is 0 Å². The fourth-order valence-electron chi connectivity index (χ4n) is 6.27. The van der Waals surface area contributed by atoms with E-state index in [9.17, 15) is 23.5 Å². The van der Waals surface area contributed by atoms with Crippen molar-refractivity contribution in [2.75, 3.05) is 26.7 Å². The van der Waals surface area contributed by atoms with Gasteiger partial charge in [-0.25, -0.2) is 8.78 Å². The normalized spacial score (nSPS) is 15.6. The SMILES string of the molecule is CCCN(CCC)C(=O)c1cc(C)cc(C(=O)N(C[C@@H](O)[C@H](N)Cc2cc(F)cc(F)c2)C2CCCc3cc(OC)ccc32)c1. The number of rotatable bonds is 13. The minimum atomic E-state index is -1.19. The van der Waals surface area contributed by atoms with Crippen LogP contribution >= 0.6 is 0 Å². The zero-order chi connectivity index (χ0) is 32.7. The maximum absolute atomic E-state index is 14.5. The predicted molar refractivity (Wildman–Crippen MR) is 171 cm³/mol. The summed E-state index contributed by atoms with van der Waals surface area (Å²) >= 11 is 0. The summed E-state index contributed by atoms with van der Waals surface area (Å²) in [5, 5.41) is 11.3. The monoisotopic (exact) mass is 621 g/mol. The van der Waals surface area contributed by atoms with Crippen LogP contribution in [0.5, 0.6) is 5.75 Å². The van der Waals surface area contributed by atoms with E-state index in [2.05, 4.69) is 0 Å². The molecule has 9 heteroatoms. The molecular formula is C36H45F2N3O4. The summed E-state index contributed by atoms with van der Waals surface area (Å²) in [6.07, 6.45) is 2.78. The molecule has 0 saturated carbocycles. The second-order valence-electron chi connectivity index (χ2n) is 12.0. The number of halogens is 2. The standard InChI is InChI=1S/C36H45F2N3O4/c1-5-12-40(13-6-2)35(43)26-14-23(3)15-27(19-26)36(44)41(33-9-7-8-25-20-30(45-4)10-11-31(25)33)22-34(42)32(39)18-24-16-28(37)21-29(38)17-24/h10-11,14-17,19-21,32-34,42H,5-9,12-13,18,22,39H2,1-4H3/t32-,33?,34-/m1/s1. The number of benzene rings is 3. The molecule has 2 amide bonds. The van der Waals surface area contributed by atoms with Gasteiger partial charge in [-0.1, -0.05) is 19.9 Å². The molecule has 0 heterocycles. The summed E-state index contributed by atoms with van der Waals surface area (Å²) in [6, 6.07) is 12.9. The number of aryl methyl sites for hydroxylation is 2. The molecule has 3 aromatic carbocycles. The third kappa shape index (κ3) is 8.47. The summed E-state index contributed by atoms with van der Waals surface area (Å²) < 4.78 is 33.1. The van der Waals surface area contributed by atoms with E-state index < -0.39 is 23.8 Å². The number of carbonyl (C=O) groups is 2. The Balaban J connectivity index is 1.70. The van der Waals surface area contributed by atoms with Crippen LogP contribution < -0.4 is 10.5 Å². The topological polar surface area (TPSA) is 96.1 Å². The quantitative estimate of drug-likeness (QED) is 0.244. The van der Waals surface area contributed by atoms with Gasteiger partial charge in [-0.2, -0.15) is 0 Å². The van der Waals surface area contributed by atoms with Crippen LogP contribution in [0.1, 0.15) is 88.5 Å². The molecule has 3 aromatic rings. The van der Waals surface area contributed by atoms with E-state index in [1.807, 2.05) is 43.9 Å². The maximum atomic E-state index is 14.5. The fourth-order valence-corrected chi connectivity index (χ4v) is 6.27. The minimum absolute atomic E-state index is 0.0180. The van der Waals surface area contributed by atoms with Gasteiger partial charge in [-0.05, 0) is 110 Å². The zero-order valence-electron chi connectivity index (χ0n) is 26.7. The number of carbonyl (C=O) groups excluding carboxylic acids is 2. The zero-order valence-corrected chi connectivity index (χ0v) is 26.7. The first kappa shape index (κ1) is 34.1. The third-order valence-electron chi connectivity index (χ3n) is 8.39. The Kier molecular flexibility index (Phi) is 11.7. The van der Waals surface area contributed by atoms with Crippen molar-refractivity contribution in [3.05, 3.63) is 99.6 Å². The van der Waals surface area contributed by atoms with Gasteiger partial charge in [0.15, 0.2) is 0 Å². The molecule has 0 aromatic heterocycles. The molecule has 1 aliphatic carbocycles. The molecule has 0 radical (unpaired) electrons. The summed E-state index contributed by atoms with van der Waals surface area (Å²) in [5.41, 5.74) is 10.3. The highest BCUT2D eigenvalue weighted by molar-refractivity contribution is 6.00. The number of hydrogen-bond donors (Lipinski definition) is 2. The summed E-state index contributed by atoms with van der Waals surface area (Å²) in [7, 11) is 1.61. The van der Waals surface area contributed by atoms with Gasteiger partial charge < -0.3 is 25.4 Å². The predicted octanol–water partition coefficient (Wildman–Crippen LogP) is 5.99. The highest BCUT2D eigenvalue weighted by Gasteiger charge is 2.33. The lowest BCUT2D eigenvalue weighted by Gasteiger charge is -2.38. The molecule has 7 nitrogen and oxygen atoms in total. The highest BCUT2D eigenvalue weighted by atomic mass is 19.1. The number of aliphatic hydroxyl groups excluding tert-OH is 1. The van der Waals surface area contributed by atoms with Crippen LogP contribution in [0.3, 0.4) is 0 Å². The average molecular weight is 622 g/mol. The van der Waals surface area contributed by atoms with Gasteiger partial charge in [-0.3, -0.25) is 9.59 Å². The Morgan fingerprint density at radius 1 is 0.978 bits per heavy atom. The largest absolute Gasteiger partial charge is 0.497 e. The lowest BCUT2D eigenvalue weighted by molar-refractivity contribution is 0.0430. The fraction of sp³-hybridized carbons (Fsp3) is 0.444. The molecule has 45 heavy (non-hydrogen) atoms. The van der Waals surface area contributed by atoms with E-state index in [4.69, 9.17) is 10.5 Å². The molecule has 3 N–H and O–H groups in total. The molecule has 0 saturated heterocycles. The van der Waals surface area contributed by atoms with Crippen molar-refractivity contribution in [2.24, 2.45) is 5.73 Å². The van der Waals surface area contributed by atoms with Crippen molar-refractivity contribution in [1.29, 1.82) is 0 Å². The Morgan fingerprint density at radius 2 is 1.62 bits per heavy atom. The van der Waals surface area contributed by atoms with Crippen molar-refractivity contribution >= 4 is 11.8 Å². The van der Waals surface area contributed by atoms with Gasteiger partial charge in [0.1, 0.15) is 17.4 Å². The number of fused-ring (bicyclic) bond motifs is 1. The smallest absolute Gasteiger partial charge is 0.254 e. The number of aliphatic hydroxyl groups is 1. The van der Waals surface area contributed by atoms with Crippen molar-refractivity contribution < 1.29 is 28.2 Å². The maximum Gasteiger partial charge on any atom is 0.254 e. The molecule has 1 unspecified atom stereocenters. The number of hydrogen-bond acceptors (Lipinski definition) is 5. The van der Waals surface area contributed by atoms with Gasteiger partial charge in [0.2, 0.25) is 0 Å². The van der Waals surface area contributed by atoms with Crippen molar-refractivity contribution in [3.63, 3.8) is 0 Å². The molecule has 0 fully saturated rings. The number of nitrogens with zero attached hydrogens (tertiary/aromatic N) is 2. The van der Waals surface area contributed by atoms with E-state index in [0.717, 1.165) is 54.2 Å². The Bertz CT molecular complexity index is 1470. The van der Waals surface area contributed by atoms with Crippen molar-refractivity contribution in [3.8, 4) is 5.75 Å². The summed E-state index contributed by atoms with van der Waals surface area (Å²) in [5.74, 6) is -1.18. The van der Waals surface area contributed by atoms with Crippen molar-refractivity contribution in [1.82, 2.24) is 9.80 Å². The third-order valence-corrected chi connectivity index (χ3v) is 8.39.